The van der Waals surface area contributed by atoms with Crippen molar-refractivity contribution in [2.45, 2.75) is 20.3 Å². The van der Waals surface area contributed by atoms with Crippen LogP contribution < -0.4 is 22.1 Å². The summed E-state index contributed by atoms with van der Waals surface area (Å²) in [5.41, 5.74) is 21.5. The summed E-state index contributed by atoms with van der Waals surface area (Å²) >= 11 is 0. The summed E-state index contributed by atoms with van der Waals surface area (Å²) in [7, 11) is 2.06. The Morgan fingerprint density at radius 2 is 1.39 bits per heavy atom. The van der Waals surface area contributed by atoms with Crippen LogP contribution in [0, 0.1) is 13.8 Å². The van der Waals surface area contributed by atoms with Crippen molar-refractivity contribution >= 4 is 52.6 Å². The minimum atomic E-state index is -0.197. The van der Waals surface area contributed by atoms with Gasteiger partial charge in [-0.1, -0.05) is 24.3 Å². The Labute approximate surface area is 294 Å². The number of likely N-dealkylation sites (N-methyl/N-ethyl adjacent to an activating group) is 1. The number of nitrogens with two attached hydrogens (primary N) is 2. The highest BCUT2D eigenvalue weighted by molar-refractivity contribution is 6.36. The highest BCUT2D eigenvalue weighted by Crippen LogP contribution is 2.40. The lowest BCUT2D eigenvalue weighted by Gasteiger charge is -2.32. The van der Waals surface area contributed by atoms with Gasteiger partial charge in [0, 0.05) is 90.4 Å². The number of carbonyl (C=O) groups is 3. The number of fused-ring (bicyclic) bond motifs is 2. The summed E-state index contributed by atoms with van der Waals surface area (Å²) in [5.74, 6) is 0.285. The van der Waals surface area contributed by atoms with E-state index in [9.17, 15) is 14.4 Å². The molecule has 8 rings (SSSR count). The molecule has 14 heteroatoms. The fraction of sp³-hybridized carbons (Fsp3) is 0.216. The third-order valence-electron chi connectivity index (χ3n) is 9.35. The lowest BCUT2D eigenvalue weighted by molar-refractivity contribution is -0.115. The second-order valence-electron chi connectivity index (χ2n) is 12.7. The van der Waals surface area contributed by atoms with Crippen molar-refractivity contribution in [3.8, 4) is 22.3 Å². The summed E-state index contributed by atoms with van der Waals surface area (Å²) in [6.45, 7) is 6.96. The largest absolute Gasteiger partial charge is 0.368 e. The molecule has 0 aliphatic carbocycles. The first-order valence-corrected chi connectivity index (χ1v) is 16.5. The predicted molar refractivity (Wildman–Crippen MR) is 196 cm³/mol. The van der Waals surface area contributed by atoms with Gasteiger partial charge in [-0.3, -0.25) is 14.4 Å². The molecule has 2 aromatic carbocycles. The van der Waals surface area contributed by atoms with Gasteiger partial charge in [-0.25, -0.2) is 19.9 Å². The molecule has 6 heterocycles. The van der Waals surface area contributed by atoms with Crippen LogP contribution in [0.5, 0.6) is 0 Å². The Morgan fingerprint density at radius 1 is 0.804 bits per heavy atom. The quantitative estimate of drug-likeness (QED) is 0.174. The van der Waals surface area contributed by atoms with Crippen molar-refractivity contribution in [2.75, 3.05) is 55.3 Å². The molecule has 0 bridgehead atoms. The number of piperazine rings is 1. The number of nitrogens with one attached hydrogen (secondary N) is 3. The van der Waals surface area contributed by atoms with E-state index >= 15 is 0 Å². The zero-order valence-corrected chi connectivity index (χ0v) is 28.4. The first-order chi connectivity index (χ1) is 24.6. The van der Waals surface area contributed by atoms with E-state index < -0.39 is 0 Å². The standard InChI is InChI=1S/C25H27N7O2.C12H10N4O/c1-14-20(29-15(2)21(14)24(34)32-9-7-31(3)8-10-32)11-18-22-17(16-12-27-25(26)28-13-16)5-4-6-19(22)30-23(18)33;13-12-14-5-7(6-15-12)8-2-1-3-10-9(8)4-11(17)16-10/h4-6,11-13,29H,7-10H2,1-3H3,(H,30,33)(H2,26,27,28);1-3,5-6H,4H2,(H,16,17)(H2,13,14,15). The number of benzene rings is 2. The molecule has 0 saturated carbocycles. The summed E-state index contributed by atoms with van der Waals surface area (Å²) < 4.78 is 0. The zero-order chi connectivity index (χ0) is 35.8. The highest BCUT2D eigenvalue weighted by Gasteiger charge is 2.30. The van der Waals surface area contributed by atoms with Crippen LogP contribution in [0.2, 0.25) is 0 Å². The third kappa shape index (κ3) is 6.51. The van der Waals surface area contributed by atoms with Crippen LogP contribution in [0.3, 0.4) is 0 Å². The van der Waals surface area contributed by atoms with Crippen LogP contribution in [0.1, 0.15) is 38.4 Å². The number of aryl methyl sites for hydroxylation is 1. The Hall–Kier alpha value is -6.41. The molecule has 14 nitrogen and oxygen atoms in total. The van der Waals surface area contributed by atoms with Crippen molar-refractivity contribution in [3.63, 3.8) is 0 Å². The number of anilines is 4. The van der Waals surface area contributed by atoms with E-state index in [2.05, 4.69) is 47.5 Å². The Balaban J connectivity index is 0.000000199. The van der Waals surface area contributed by atoms with E-state index in [1.807, 2.05) is 61.2 Å². The van der Waals surface area contributed by atoms with Gasteiger partial charge in [-0.05, 0) is 61.4 Å². The smallest absolute Gasteiger partial charge is 0.256 e. The van der Waals surface area contributed by atoms with E-state index in [4.69, 9.17) is 11.5 Å². The minimum absolute atomic E-state index is 0.0174. The van der Waals surface area contributed by atoms with Crippen LogP contribution in [0.25, 0.3) is 33.9 Å². The average Bonchev–Trinajstić information content (AvgIpc) is 3.76. The van der Waals surface area contributed by atoms with Crippen molar-refractivity contribution < 1.29 is 14.4 Å². The van der Waals surface area contributed by atoms with Crippen molar-refractivity contribution in [2.24, 2.45) is 0 Å². The van der Waals surface area contributed by atoms with E-state index in [-0.39, 0.29) is 29.6 Å². The minimum Gasteiger partial charge on any atom is -0.368 e. The van der Waals surface area contributed by atoms with E-state index in [1.165, 1.54) is 0 Å². The molecule has 5 aromatic rings. The molecule has 1 saturated heterocycles. The lowest BCUT2D eigenvalue weighted by Crippen LogP contribution is -2.47. The maximum Gasteiger partial charge on any atom is 0.256 e. The number of amides is 3. The molecule has 51 heavy (non-hydrogen) atoms. The Morgan fingerprint density at radius 3 is 2.04 bits per heavy atom. The van der Waals surface area contributed by atoms with E-state index in [0.717, 1.165) is 74.8 Å². The van der Waals surface area contributed by atoms with Gasteiger partial charge in [0.1, 0.15) is 0 Å². The highest BCUT2D eigenvalue weighted by atomic mass is 16.2. The number of nitrogens with zero attached hydrogens (tertiary/aromatic N) is 6. The summed E-state index contributed by atoms with van der Waals surface area (Å²) in [6, 6.07) is 11.4. The number of hydrogen-bond donors (Lipinski definition) is 5. The molecule has 0 unspecified atom stereocenters. The van der Waals surface area contributed by atoms with Crippen LogP contribution >= 0.6 is 0 Å². The van der Waals surface area contributed by atoms with Crippen molar-refractivity contribution in [1.29, 1.82) is 0 Å². The molecule has 0 spiro atoms. The first-order valence-electron chi connectivity index (χ1n) is 16.5. The molecule has 7 N–H and O–H groups in total. The number of nitrogen functional groups attached to an aromatic ring is 2. The zero-order valence-electron chi connectivity index (χ0n) is 28.4. The number of carbonyl (C=O) groups excluding carboxylic acids is 3. The van der Waals surface area contributed by atoms with E-state index in [1.54, 1.807) is 24.8 Å². The number of aromatic nitrogens is 5. The molecule has 258 valence electrons. The SMILES string of the molecule is Cc1[nH]c(C=C2C(=O)Nc3cccc(-c4cnc(N)nc4)c32)c(C)c1C(=O)N1CCN(C)CC1.Nc1ncc(-c2cccc3c2CC(=O)N3)cn1. The Bertz CT molecular complexity index is 2200. The maximum atomic E-state index is 13.3. The van der Waals surface area contributed by atoms with Gasteiger partial charge in [0.15, 0.2) is 0 Å². The number of aromatic amines is 1. The molecule has 0 atom stereocenters. The second kappa shape index (κ2) is 13.5. The van der Waals surface area contributed by atoms with Gasteiger partial charge < -0.3 is 36.9 Å². The summed E-state index contributed by atoms with van der Waals surface area (Å²) in [4.78, 5) is 61.2. The van der Waals surface area contributed by atoms with Gasteiger partial charge in [-0.15, -0.1) is 0 Å². The molecule has 3 aliphatic rings. The van der Waals surface area contributed by atoms with Crippen LogP contribution in [0.15, 0.2) is 61.2 Å². The molecule has 1 fully saturated rings. The second-order valence-corrected chi connectivity index (χ2v) is 12.7. The van der Waals surface area contributed by atoms with Gasteiger partial charge in [0.2, 0.25) is 17.8 Å². The predicted octanol–water partition coefficient (Wildman–Crippen LogP) is 3.77. The first kappa shape index (κ1) is 33.1. The van der Waals surface area contributed by atoms with Gasteiger partial charge in [0.05, 0.1) is 17.6 Å². The molecular weight excluding hydrogens is 646 g/mol. The summed E-state index contributed by atoms with van der Waals surface area (Å²) in [6.07, 6.45) is 8.85. The molecule has 0 radical (unpaired) electrons. The van der Waals surface area contributed by atoms with Crippen LogP contribution in [-0.2, 0) is 16.0 Å². The van der Waals surface area contributed by atoms with Gasteiger partial charge >= 0.3 is 0 Å². The maximum absolute atomic E-state index is 13.3. The molecular formula is C37H37N11O3. The Kier molecular flexibility index (Phi) is 8.75. The molecule has 3 aromatic heterocycles. The average molecular weight is 684 g/mol. The van der Waals surface area contributed by atoms with Crippen LogP contribution in [-0.4, -0.2) is 85.7 Å². The van der Waals surface area contributed by atoms with E-state index in [0.29, 0.717) is 30.6 Å². The number of hydrogen-bond acceptors (Lipinski definition) is 10. The van der Waals surface area contributed by atoms with Crippen molar-refractivity contribution in [3.05, 3.63) is 94.8 Å². The number of H-pyrrole nitrogens is 1. The fourth-order valence-electron chi connectivity index (χ4n) is 6.65. The fourth-order valence-corrected chi connectivity index (χ4v) is 6.65. The van der Waals surface area contributed by atoms with Gasteiger partial charge in [-0.2, -0.15) is 0 Å². The molecule has 3 amide bonds. The summed E-state index contributed by atoms with van der Waals surface area (Å²) in [5, 5.41) is 5.76. The monoisotopic (exact) mass is 683 g/mol. The third-order valence-corrected chi connectivity index (χ3v) is 9.35. The van der Waals surface area contributed by atoms with Gasteiger partial charge in [0.25, 0.3) is 11.8 Å². The molecule has 3 aliphatic heterocycles. The lowest BCUT2D eigenvalue weighted by atomic mass is 9.95. The van der Waals surface area contributed by atoms with Crippen molar-refractivity contribution in [1.82, 2.24) is 34.7 Å². The normalized spacial score (nSPS) is 15.9. The topological polar surface area (TPSA) is 201 Å². The van der Waals surface area contributed by atoms with Crippen LogP contribution in [0.4, 0.5) is 23.3 Å². The number of rotatable bonds is 4.